The Morgan fingerprint density at radius 3 is 2.59 bits per heavy atom. The van der Waals surface area contributed by atoms with Gasteiger partial charge in [0.25, 0.3) is 0 Å². The topological polar surface area (TPSA) is 36.7 Å². The number of benzene rings is 1. The molecule has 0 amide bonds. The summed E-state index contributed by atoms with van der Waals surface area (Å²) in [7, 11) is 0. The molecule has 1 heterocycles. The van der Waals surface area contributed by atoms with E-state index in [1.54, 1.807) is 24.3 Å². The lowest BCUT2D eigenvalue weighted by atomic mass is 9.99. The average Bonchev–Trinajstić information content (AvgIpc) is 2.38. The molecule has 0 aliphatic heterocycles. The number of rotatable bonds is 1. The van der Waals surface area contributed by atoms with Crippen LogP contribution in [0.4, 0.5) is 4.39 Å². The van der Waals surface area contributed by atoms with Crippen molar-refractivity contribution in [1.29, 1.82) is 5.26 Å². The Bertz CT molecular complexity index is 648. The van der Waals surface area contributed by atoms with Crippen LogP contribution in [-0.4, -0.2) is 4.98 Å². The summed E-state index contributed by atoms with van der Waals surface area (Å²) in [5.41, 5.74) is 1.27. The van der Waals surface area contributed by atoms with Crippen LogP contribution < -0.4 is 0 Å². The van der Waals surface area contributed by atoms with Gasteiger partial charge in [-0.1, -0.05) is 18.2 Å². The van der Waals surface area contributed by atoms with E-state index in [0.29, 0.717) is 11.1 Å². The van der Waals surface area contributed by atoms with Crippen LogP contribution in [0, 0.1) is 29.5 Å². The standard InChI is InChI=1S/C14H7FN2/c1-2-14-12(9-16)10(7-8-17-14)11-5-3-4-6-13(11)15/h1,3-8H. The highest BCUT2D eigenvalue weighted by atomic mass is 19.1. The quantitative estimate of drug-likeness (QED) is 0.695. The van der Waals surface area contributed by atoms with Crippen molar-refractivity contribution < 1.29 is 4.39 Å². The Balaban J connectivity index is 2.75. The van der Waals surface area contributed by atoms with Crippen LogP contribution in [0.1, 0.15) is 11.3 Å². The van der Waals surface area contributed by atoms with E-state index in [4.69, 9.17) is 11.7 Å². The summed E-state index contributed by atoms with van der Waals surface area (Å²) in [6.45, 7) is 0. The summed E-state index contributed by atoms with van der Waals surface area (Å²) in [4.78, 5) is 3.90. The second-order valence-electron chi connectivity index (χ2n) is 3.32. The first kappa shape index (κ1) is 10.9. The minimum absolute atomic E-state index is 0.222. The molecule has 0 saturated carbocycles. The van der Waals surface area contributed by atoms with Gasteiger partial charge < -0.3 is 0 Å². The first-order valence-corrected chi connectivity index (χ1v) is 4.88. The van der Waals surface area contributed by atoms with E-state index in [1.807, 2.05) is 6.07 Å². The largest absolute Gasteiger partial charge is 0.246 e. The molecule has 17 heavy (non-hydrogen) atoms. The Morgan fingerprint density at radius 2 is 1.94 bits per heavy atom. The van der Waals surface area contributed by atoms with Crippen molar-refractivity contribution in [3.8, 4) is 29.5 Å². The zero-order chi connectivity index (χ0) is 12.3. The Morgan fingerprint density at radius 1 is 1.18 bits per heavy atom. The fraction of sp³-hybridized carbons (Fsp3) is 0. The van der Waals surface area contributed by atoms with E-state index < -0.39 is 5.82 Å². The number of nitriles is 1. The maximum atomic E-state index is 13.6. The first-order valence-electron chi connectivity index (χ1n) is 4.88. The average molecular weight is 222 g/mol. The highest BCUT2D eigenvalue weighted by Gasteiger charge is 2.12. The predicted octanol–water partition coefficient (Wildman–Crippen LogP) is 2.74. The molecule has 0 unspecified atom stereocenters. The molecular weight excluding hydrogens is 215 g/mol. The lowest BCUT2D eigenvalue weighted by Crippen LogP contribution is -1.94. The van der Waals surface area contributed by atoms with E-state index >= 15 is 0 Å². The molecule has 80 valence electrons. The van der Waals surface area contributed by atoms with Crippen LogP contribution in [0.15, 0.2) is 36.5 Å². The van der Waals surface area contributed by atoms with Crippen LogP contribution >= 0.6 is 0 Å². The van der Waals surface area contributed by atoms with Crippen molar-refractivity contribution in [2.45, 2.75) is 0 Å². The molecule has 0 bridgehead atoms. The molecule has 1 aromatic heterocycles. The van der Waals surface area contributed by atoms with Crippen molar-refractivity contribution in [2.75, 3.05) is 0 Å². The van der Waals surface area contributed by atoms with E-state index in [9.17, 15) is 4.39 Å². The highest BCUT2D eigenvalue weighted by Crippen LogP contribution is 2.26. The number of halogens is 1. The van der Waals surface area contributed by atoms with Crippen LogP contribution in [0.5, 0.6) is 0 Å². The third-order valence-corrected chi connectivity index (χ3v) is 2.36. The maximum absolute atomic E-state index is 13.6. The second kappa shape index (κ2) is 4.47. The van der Waals surface area contributed by atoms with Gasteiger partial charge in [-0.2, -0.15) is 5.26 Å². The molecule has 3 heteroatoms. The molecule has 0 spiro atoms. The van der Waals surface area contributed by atoms with Crippen LogP contribution in [0.3, 0.4) is 0 Å². The molecule has 0 radical (unpaired) electrons. The number of pyridine rings is 1. The fourth-order valence-corrected chi connectivity index (χ4v) is 1.59. The van der Waals surface area contributed by atoms with Gasteiger partial charge >= 0.3 is 0 Å². The molecule has 1 aromatic carbocycles. The minimum atomic E-state index is -0.391. The van der Waals surface area contributed by atoms with E-state index in [-0.39, 0.29) is 11.3 Å². The summed E-state index contributed by atoms with van der Waals surface area (Å²) >= 11 is 0. The predicted molar refractivity (Wildman–Crippen MR) is 62.3 cm³/mol. The molecule has 0 fully saturated rings. The summed E-state index contributed by atoms with van der Waals surface area (Å²) in [6.07, 6.45) is 6.72. The zero-order valence-electron chi connectivity index (χ0n) is 8.81. The van der Waals surface area contributed by atoms with Crippen molar-refractivity contribution >= 4 is 0 Å². The van der Waals surface area contributed by atoms with Gasteiger partial charge in [-0.25, -0.2) is 9.37 Å². The van der Waals surface area contributed by atoms with E-state index in [2.05, 4.69) is 10.9 Å². The lowest BCUT2D eigenvalue weighted by molar-refractivity contribution is 0.631. The van der Waals surface area contributed by atoms with Gasteiger partial charge in [0, 0.05) is 17.3 Å². The third-order valence-electron chi connectivity index (χ3n) is 2.36. The molecule has 0 saturated heterocycles. The third kappa shape index (κ3) is 1.87. The Labute approximate surface area is 98.4 Å². The summed E-state index contributed by atoms with van der Waals surface area (Å²) in [5.74, 6) is 1.93. The summed E-state index contributed by atoms with van der Waals surface area (Å²) in [6, 6.07) is 9.79. The molecule has 0 atom stereocenters. The number of hydrogen-bond donors (Lipinski definition) is 0. The van der Waals surface area contributed by atoms with Gasteiger partial charge in [-0.05, 0) is 18.1 Å². The molecule has 2 nitrogen and oxygen atoms in total. The monoisotopic (exact) mass is 222 g/mol. The highest BCUT2D eigenvalue weighted by molar-refractivity contribution is 5.72. The van der Waals surface area contributed by atoms with E-state index in [1.165, 1.54) is 12.3 Å². The van der Waals surface area contributed by atoms with Crippen LogP contribution in [0.25, 0.3) is 11.1 Å². The van der Waals surface area contributed by atoms with Gasteiger partial charge in [0.15, 0.2) is 0 Å². The Hall–Kier alpha value is -2.65. The SMILES string of the molecule is C#Cc1nccc(-c2ccccc2F)c1C#N. The number of nitrogens with zero attached hydrogens (tertiary/aromatic N) is 2. The lowest BCUT2D eigenvalue weighted by Gasteiger charge is -2.06. The van der Waals surface area contributed by atoms with Gasteiger partial charge in [-0.3, -0.25) is 0 Å². The van der Waals surface area contributed by atoms with Crippen molar-refractivity contribution in [2.24, 2.45) is 0 Å². The number of aromatic nitrogens is 1. The maximum Gasteiger partial charge on any atom is 0.131 e. The minimum Gasteiger partial charge on any atom is -0.246 e. The molecule has 2 rings (SSSR count). The summed E-state index contributed by atoms with van der Waals surface area (Å²) < 4.78 is 13.6. The molecular formula is C14H7FN2. The van der Waals surface area contributed by atoms with Gasteiger partial charge in [0.05, 0.1) is 5.56 Å². The van der Waals surface area contributed by atoms with Crippen molar-refractivity contribution in [3.05, 3.63) is 53.6 Å². The van der Waals surface area contributed by atoms with Gasteiger partial charge in [0.1, 0.15) is 17.6 Å². The normalized spacial score (nSPS) is 9.35. The van der Waals surface area contributed by atoms with Gasteiger partial charge in [-0.15, -0.1) is 6.42 Å². The van der Waals surface area contributed by atoms with E-state index in [0.717, 1.165) is 0 Å². The molecule has 2 aromatic rings. The molecule has 0 aliphatic rings. The summed E-state index contributed by atoms with van der Waals surface area (Å²) in [5, 5.41) is 9.07. The number of terminal acetylenes is 1. The second-order valence-corrected chi connectivity index (χ2v) is 3.32. The zero-order valence-corrected chi connectivity index (χ0v) is 8.81. The molecule has 0 aliphatic carbocycles. The number of hydrogen-bond acceptors (Lipinski definition) is 2. The first-order chi connectivity index (χ1) is 8.27. The van der Waals surface area contributed by atoms with Crippen molar-refractivity contribution in [1.82, 2.24) is 4.98 Å². The smallest absolute Gasteiger partial charge is 0.131 e. The Kier molecular flexibility index (Phi) is 2.85. The van der Waals surface area contributed by atoms with Crippen LogP contribution in [-0.2, 0) is 0 Å². The van der Waals surface area contributed by atoms with Gasteiger partial charge in [0.2, 0.25) is 0 Å². The molecule has 0 N–H and O–H groups in total. The van der Waals surface area contributed by atoms with Crippen LogP contribution in [0.2, 0.25) is 0 Å². The fourth-order valence-electron chi connectivity index (χ4n) is 1.59. The van der Waals surface area contributed by atoms with Crippen molar-refractivity contribution in [3.63, 3.8) is 0 Å².